The molecule has 9 heteroatoms. The highest BCUT2D eigenvalue weighted by atomic mass is 127. The van der Waals surface area contributed by atoms with Gasteiger partial charge in [-0.1, -0.05) is 0 Å². The van der Waals surface area contributed by atoms with Crippen LogP contribution in [0.5, 0.6) is 0 Å². The molecule has 0 fully saturated rings. The number of aliphatic imine (C=N–C) groups is 1. The van der Waals surface area contributed by atoms with Crippen LogP contribution in [0.2, 0.25) is 0 Å². The van der Waals surface area contributed by atoms with Gasteiger partial charge in [0, 0.05) is 44.0 Å². The zero-order chi connectivity index (χ0) is 20.8. The van der Waals surface area contributed by atoms with E-state index in [1.165, 1.54) is 12.1 Å². The third kappa shape index (κ3) is 6.04. The minimum absolute atomic E-state index is 0. The van der Waals surface area contributed by atoms with E-state index in [1.807, 2.05) is 37.8 Å². The summed E-state index contributed by atoms with van der Waals surface area (Å²) in [4.78, 5) is 4.69. The Morgan fingerprint density at radius 2 is 1.83 bits per heavy atom. The summed E-state index contributed by atoms with van der Waals surface area (Å²) in [6, 6.07) is 8.26. The fourth-order valence-electron chi connectivity index (χ4n) is 3.09. The maximum atomic E-state index is 13.1. The molecule has 1 aromatic carbocycles. The topological polar surface area (TPSA) is 72.1 Å². The normalized spacial score (nSPS) is 11.3. The summed E-state index contributed by atoms with van der Waals surface area (Å²) in [5, 5.41) is 15.6. The van der Waals surface area contributed by atoms with Crippen molar-refractivity contribution in [3.05, 3.63) is 65.0 Å². The second-order valence-corrected chi connectivity index (χ2v) is 6.87. The highest BCUT2D eigenvalue weighted by Gasteiger charge is 2.09. The van der Waals surface area contributed by atoms with Crippen LogP contribution in [0.3, 0.4) is 0 Å². The van der Waals surface area contributed by atoms with Gasteiger partial charge in [-0.05, 0) is 51.1 Å². The summed E-state index contributed by atoms with van der Waals surface area (Å²) in [5.74, 6) is 0.519. The average molecular weight is 525 g/mol. The Hall–Kier alpha value is -2.43. The lowest BCUT2D eigenvalue weighted by Crippen LogP contribution is -2.38. The Morgan fingerprint density at radius 1 is 1.10 bits per heavy atom. The van der Waals surface area contributed by atoms with Crippen LogP contribution in [0.4, 0.5) is 4.39 Å². The van der Waals surface area contributed by atoms with Crippen LogP contribution < -0.4 is 10.6 Å². The van der Waals surface area contributed by atoms with Crippen molar-refractivity contribution in [1.29, 1.82) is 0 Å². The largest absolute Gasteiger partial charge is 0.357 e. The number of guanidine groups is 1. The van der Waals surface area contributed by atoms with Crippen molar-refractivity contribution in [2.45, 2.75) is 33.7 Å². The standard InChI is InChI=1S/C21H28FN7.HI/c1-5-23-21(25-14-20-15(2)26-28(4)16(20)3)24-12-10-18-11-13-29(27-18)19-8-6-17(22)7-9-19;/h6-9,11,13H,5,10,12,14H2,1-4H3,(H2,23,24,25);1H. The minimum atomic E-state index is -0.253. The third-order valence-corrected chi connectivity index (χ3v) is 4.81. The Kier molecular flexibility index (Phi) is 8.82. The first kappa shape index (κ1) is 23.8. The summed E-state index contributed by atoms with van der Waals surface area (Å²) in [5.41, 5.74) is 5.09. The van der Waals surface area contributed by atoms with Crippen molar-refractivity contribution in [2.24, 2.45) is 12.0 Å². The van der Waals surface area contributed by atoms with Crippen LogP contribution in [0, 0.1) is 19.7 Å². The lowest BCUT2D eigenvalue weighted by molar-refractivity contribution is 0.627. The monoisotopic (exact) mass is 525 g/mol. The van der Waals surface area contributed by atoms with Gasteiger partial charge >= 0.3 is 0 Å². The number of nitrogens with zero attached hydrogens (tertiary/aromatic N) is 5. The summed E-state index contributed by atoms with van der Waals surface area (Å²) in [6.07, 6.45) is 2.64. The van der Waals surface area contributed by atoms with Crippen molar-refractivity contribution in [1.82, 2.24) is 30.2 Å². The van der Waals surface area contributed by atoms with Crippen molar-refractivity contribution in [3.63, 3.8) is 0 Å². The highest BCUT2D eigenvalue weighted by molar-refractivity contribution is 14.0. The maximum Gasteiger partial charge on any atom is 0.191 e. The van der Waals surface area contributed by atoms with E-state index >= 15 is 0 Å². The van der Waals surface area contributed by atoms with Gasteiger partial charge in [0.2, 0.25) is 0 Å². The van der Waals surface area contributed by atoms with E-state index in [1.54, 1.807) is 16.8 Å². The molecule has 2 aromatic heterocycles. The van der Waals surface area contributed by atoms with Gasteiger partial charge in [-0.3, -0.25) is 4.68 Å². The van der Waals surface area contributed by atoms with Crippen molar-refractivity contribution < 1.29 is 4.39 Å². The van der Waals surface area contributed by atoms with E-state index in [-0.39, 0.29) is 29.8 Å². The molecule has 3 aromatic rings. The lowest BCUT2D eigenvalue weighted by Gasteiger charge is -2.11. The Bertz CT molecular complexity index is 976. The van der Waals surface area contributed by atoms with Gasteiger partial charge < -0.3 is 10.6 Å². The summed E-state index contributed by atoms with van der Waals surface area (Å²) < 4.78 is 16.7. The SMILES string of the molecule is CCNC(=NCc1c(C)nn(C)c1C)NCCc1ccn(-c2ccc(F)cc2)n1.I. The number of aryl methyl sites for hydroxylation is 2. The fraction of sp³-hybridized carbons (Fsp3) is 0.381. The van der Waals surface area contributed by atoms with Crippen molar-refractivity contribution in [2.75, 3.05) is 13.1 Å². The van der Waals surface area contributed by atoms with Crippen LogP contribution in [-0.2, 0) is 20.0 Å². The molecule has 0 saturated heterocycles. The van der Waals surface area contributed by atoms with E-state index in [0.29, 0.717) is 13.1 Å². The van der Waals surface area contributed by atoms with Crippen molar-refractivity contribution in [3.8, 4) is 5.69 Å². The Morgan fingerprint density at radius 3 is 2.47 bits per heavy atom. The molecule has 0 aliphatic carbocycles. The quantitative estimate of drug-likeness (QED) is 0.282. The average Bonchev–Trinajstić information content (AvgIpc) is 3.26. The fourth-order valence-corrected chi connectivity index (χ4v) is 3.09. The summed E-state index contributed by atoms with van der Waals surface area (Å²) in [7, 11) is 1.95. The minimum Gasteiger partial charge on any atom is -0.357 e. The number of rotatable bonds is 7. The number of hydrogen-bond acceptors (Lipinski definition) is 3. The first-order valence-electron chi connectivity index (χ1n) is 9.79. The second-order valence-electron chi connectivity index (χ2n) is 6.87. The van der Waals surface area contributed by atoms with Crippen LogP contribution in [0.25, 0.3) is 5.69 Å². The smallest absolute Gasteiger partial charge is 0.191 e. The predicted octanol–water partition coefficient (Wildman–Crippen LogP) is 3.28. The highest BCUT2D eigenvalue weighted by Crippen LogP contribution is 2.13. The first-order valence-corrected chi connectivity index (χ1v) is 9.79. The van der Waals surface area contributed by atoms with E-state index < -0.39 is 0 Å². The molecule has 0 aliphatic rings. The molecule has 0 spiro atoms. The molecule has 3 rings (SSSR count). The van der Waals surface area contributed by atoms with Gasteiger partial charge in [-0.2, -0.15) is 10.2 Å². The Balaban J connectivity index is 0.00000320. The van der Waals surface area contributed by atoms with Crippen molar-refractivity contribution >= 4 is 29.9 Å². The number of hydrogen-bond donors (Lipinski definition) is 2. The molecule has 0 amide bonds. The molecule has 0 aliphatic heterocycles. The van der Waals surface area contributed by atoms with Crippen LogP contribution in [0.15, 0.2) is 41.5 Å². The van der Waals surface area contributed by atoms with E-state index in [2.05, 4.69) is 27.8 Å². The van der Waals surface area contributed by atoms with E-state index in [4.69, 9.17) is 4.99 Å². The van der Waals surface area contributed by atoms with Gasteiger partial charge in [0.1, 0.15) is 5.82 Å². The molecule has 0 unspecified atom stereocenters. The number of nitrogens with one attached hydrogen (secondary N) is 2. The van der Waals surface area contributed by atoms with E-state index in [0.717, 1.165) is 47.3 Å². The molecule has 30 heavy (non-hydrogen) atoms. The second kappa shape index (κ2) is 11.1. The number of halogens is 2. The molecule has 0 radical (unpaired) electrons. The zero-order valence-electron chi connectivity index (χ0n) is 17.8. The molecule has 0 bridgehead atoms. The van der Waals surface area contributed by atoms with Gasteiger partial charge in [0.25, 0.3) is 0 Å². The van der Waals surface area contributed by atoms with Crippen LogP contribution in [-0.4, -0.2) is 38.6 Å². The molecular weight excluding hydrogens is 496 g/mol. The van der Waals surface area contributed by atoms with Crippen LogP contribution >= 0.6 is 24.0 Å². The van der Waals surface area contributed by atoms with E-state index in [9.17, 15) is 4.39 Å². The molecule has 7 nitrogen and oxygen atoms in total. The molecular formula is C21H29FIN7. The maximum absolute atomic E-state index is 13.1. The van der Waals surface area contributed by atoms with Gasteiger partial charge in [0.05, 0.1) is 23.6 Å². The predicted molar refractivity (Wildman–Crippen MR) is 128 cm³/mol. The van der Waals surface area contributed by atoms with Gasteiger partial charge in [-0.25, -0.2) is 14.1 Å². The first-order chi connectivity index (χ1) is 14.0. The van der Waals surface area contributed by atoms with Gasteiger partial charge in [0.15, 0.2) is 5.96 Å². The van der Waals surface area contributed by atoms with Crippen LogP contribution in [0.1, 0.15) is 29.6 Å². The lowest BCUT2D eigenvalue weighted by atomic mass is 10.2. The summed E-state index contributed by atoms with van der Waals surface area (Å²) in [6.45, 7) is 8.19. The molecule has 0 saturated carbocycles. The molecule has 2 heterocycles. The molecule has 0 atom stereocenters. The summed E-state index contributed by atoms with van der Waals surface area (Å²) >= 11 is 0. The molecule has 2 N–H and O–H groups in total. The molecule has 162 valence electrons. The number of benzene rings is 1. The Labute approximate surface area is 193 Å². The van der Waals surface area contributed by atoms with Gasteiger partial charge in [-0.15, -0.1) is 24.0 Å². The third-order valence-electron chi connectivity index (χ3n) is 4.81. The zero-order valence-corrected chi connectivity index (χ0v) is 20.1. The number of aromatic nitrogens is 4.